The standard InChI is InChI=1S/C34H48N4O3/c1-2-3-11-29-25-38(24-26-8-5-4-6-9-26)33(40)41-34(29)16-21-36(22-17-34)30-14-19-37(20-15-30)32(39)28-12-13-31-27(23-28)10-7-18-35-31/h7,10,12-13,18,23,26,29-30H,2-6,8-9,11,14-17,19-22,24-25H2,1H3. The van der Waals surface area contributed by atoms with Crippen molar-refractivity contribution in [3.05, 3.63) is 42.1 Å². The monoisotopic (exact) mass is 560 g/mol. The zero-order valence-corrected chi connectivity index (χ0v) is 24.9. The number of hydrogen-bond acceptors (Lipinski definition) is 5. The van der Waals surface area contributed by atoms with E-state index in [4.69, 9.17) is 4.74 Å². The Morgan fingerprint density at radius 3 is 2.56 bits per heavy atom. The van der Waals surface area contributed by atoms with Crippen molar-refractivity contribution in [2.45, 2.75) is 95.6 Å². The normalized spacial score (nSPS) is 24.6. The molecule has 6 rings (SSSR count). The molecule has 1 aromatic heterocycles. The minimum absolute atomic E-state index is 0.0620. The molecule has 1 unspecified atom stereocenters. The Labute approximate surface area is 245 Å². The van der Waals surface area contributed by atoms with Gasteiger partial charge in [0.15, 0.2) is 0 Å². The van der Waals surface area contributed by atoms with Crippen LogP contribution < -0.4 is 0 Å². The average Bonchev–Trinajstić information content (AvgIpc) is 3.02. The lowest BCUT2D eigenvalue weighted by Gasteiger charge is -2.52. The molecule has 0 bridgehead atoms. The molecule has 1 saturated carbocycles. The van der Waals surface area contributed by atoms with Crippen LogP contribution in [0, 0.1) is 11.8 Å². The number of aromatic nitrogens is 1. The van der Waals surface area contributed by atoms with E-state index in [2.05, 4.69) is 21.7 Å². The van der Waals surface area contributed by atoms with E-state index in [9.17, 15) is 9.59 Å². The fourth-order valence-corrected chi connectivity index (χ4v) is 8.07. The van der Waals surface area contributed by atoms with Crippen molar-refractivity contribution < 1.29 is 14.3 Å². The number of rotatable bonds is 7. The third-order valence-corrected chi connectivity index (χ3v) is 10.6. The maximum atomic E-state index is 13.3. The largest absolute Gasteiger partial charge is 0.442 e. The van der Waals surface area contributed by atoms with Crippen LogP contribution in [0.2, 0.25) is 0 Å². The molecule has 2 aromatic rings. The molecule has 1 aliphatic carbocycles. The summed E-state index contributed by atoms with van der Waals surface area (Å²) in [6.45, 7) is 7.57. The van der Waals surface area contributed by atoms with Gasteiger partial charge in [0.1, 0.15) is 5.60 Å². The lowest BCUT2D eigenvalue weighted by molar-refractivity contribution is -0.127. The van der Waals surface area contributed by atoms with Crippen molar-refractivity contribution in [3.8, 4) is 0 Å². The van der Waals surface area contributed by atoms with E-state index < -0.39 is 0 Å². The van der Waals surface area contributed by atoms with Crippen LogP contribution in [0.25, 0.3) is 10.9 Å². The summed E-state index contributed by atoms with van der Waals surface area (Å²) in [7, 11) is 0. The first-order valence-corrected chi connectivity index (χ1v) is 16.4. The molecule has 1 atom stereocenters. The highest BCUT2D eigenvalue weighted by molar-refractivity contribution is 5.98. The summed E-state index contributed by atoms with van der Waals surface area (Å²) >= 11 is 0. The number of likely N-dealkylation sites (tertiary alicyclic amines) is 2. The molecule has 4 heterocycles. The van der Waals surface area contributed by atoms with Gasteiger partial charge in [-0.25, -0.2) is 4.79 Å². The Morgan fingerprint density at radius 1 is 1.02 bits per heavy atom. The van der Waals surface area contributed by atoms with Crippen molar-refractivity contribution in [3.63, 3.8) is 0 Å². The lowest BCUT2D eigenvalue weighted by atomic mass is 9.75. The SMILES string of the molecule is CCCCC1CN(CC2CCCCC2)C(=O)OC12CCN(C1CCN(C(=O)c3ccc4ncccc4c3)CC1)CC2. The van der Waals surface area contributed by atoms with Crippen molar-refractivity contribution in [2.75, 3.05) is 39.3 Å². The van der Waals surface area contributed by atoms with E-state index in [-0.39, 0.29) is 17.6 Å². The molecule has 1 aromatic carbocycles. The van der Waals surface area contributed by atoms with Gasteiger partial charge in [0.2, 0.25) is 0 Å². The molecule has 4 aliphatic rings. The lowest BCUT2D eigenvalue weighted by Crippen LogP contribution is -2.61. The number of nitrogens with zero attached hydrogens (tertiary/aromatic N) is 4. The van der Waals surface area contributed by atoms with E-state index in [0.717, 1.165) is 87.8 Å². The maximum absolute atomic E-state index is 13.3. The average molecular weight is 561 g/mol. The van der Waals surface area contributed by atoms with E-state index in [1.165, 1.54) is 44.9 Å². The Bertz CT molecular complexity index is 1200. The molecular weight excluding hydrogens is 512 g/mol. The van der Waals surface area contributed by atoms with Crippen LogP contribution in [0.5, 0.6) is 0 Å². The zero-order chi connectivity index (χ0) is 28.2. The summed E-state index contributed by atoms with van der Waals surface area (Å²) in [5.74, 6) is 1.20. The summed E-state index contributed by atoms with van der Waals surface area (Å²) in [5, 5.41) is 1.01. The first-order valence-electron chi connectivity index (χ1n) is 16.4. The molecule has 7 nitrogen and oxygen atoms in total. The molecule has 1 spiro atoms. The van der Waals surface area contributed by atoms with E-state index in [1.54, 1.807) is 6.20 Å². The highest BCUT2D eigenvalue weighted by atomic mass is 16.6. The summed E-state index contributed by atoms with van der Waals surface area (Å²) in [6.07, 6.45) is 15.6. The van der Waals surface area contributed by atoms with E-state index in [1.807, 2.05) is 35.2 Å². The highest BCUT2D eigenvalue weighted by Gasteiger charge is 2.50. The molecule has 3 saturated heterocycles. The van der Waals surface area contributed by atoms with Crippen LogP contribution in [0.4, 0.5) is 4.79 Å². The fraction of sp³-hybridized carbons (Fsp3) is 0.676. The smallest absolute Gasteiger partial charge is 0.410 e. The molecule has 7 heteroatoms. The fourth-order valence-electron chi connectivity index (χ4n) is 8.07. The van der Waals surface area contributed by atoms with E-state index in [0.29, 0.717) is 17.9 Å². The van der Waals surface area contributed by atoms with Crippen LogP contribution in [-0.2, 0) is 4.74 Å². The van der Waals surface area contributed by atoms with E-state index >= 15 is 0 Å². The van der Waals surface area contributed by atoms with Crippen LogP contribution in [0.1, 0.15) is 94.3 Å². The number of piperidine rings is 2. The molecule has 3 aliphatic heterocycles. The topological polar surface area (TPSA) is 66.0 Å². The van der Waals surface area contributed by atoms with Gasteiger partial charge in [-0.15, -0.1) is 0 Å². The van der Waals surface area contributed by atoms with Crippen LogP contribution in [-0.4, -0.2) is 82.6 Å². The number of amides is 2. The number of pyridine rings is 1. The van der Waals surface area contributed by atoms with Gasteiger partial charge in [0, 0.05) is 81.2 Å². The zero-order valence-electron chi connectivity index (χ0n) is 24.9. The third kappa shape index (κ3) is 6.25. The molecule has 4 fully saturated rings. The molecular formula is C34H48N4O3. The van der Waals surface area contributed by atoms with Crippen molar-refractivity contribution in [2.24, 2.45) is 11.8 Å². The van der Waals surface area contributed by atoms with Crippen molar-refractivity contribution in [1.82, 2.24) is 19.7 Å². The number of carbonyl (C=O) groups is 2. The van der Waals surface area contributed by atoms with Crippen LogP contribution >= 0.6 is 0 Å². The summed E-state index contributed by atoms with van der Waals surface area (Å²) in [4.78, 5) is 37.6. The van der Waals surface area contributed by atoms with Gasteiger partial charge < -0.3 is 14.5 Å². The van der Waals surface area contributed by atoms with Gasteiger partial charge in [-0.05, 0) is 62.3 Å². The Kier molecular flexibility index (Phi) is 8.80. The summed E-state index contributed by atoms with van der Waals surface area (Å²) in [6, 6.07) is 10.2. The summed E-state index contributed by atoms with van der Waals surface area (Å²) < 4.78 is 6.45. The second kappa shape index (κ2) is 12.7. The van der Waals surface area contributed by atoms with Gasteiger partial charge in [0.05, 0.1) is 5.52 Å². The van der Waals surface area contributed by atoms with Crippen molar-refractivity contribution >= 4 is 22.9 Å². The second-order valence-electron chi connectivity index (χ2n) is 13.2. The first kappa shape index (κ1) is 28.4. The summed E-state index contributed by atoms with van der Waals surface area (Å²) in [5.41, 5.74) is 1.37. The van der Waals surface area contributed by atoms with Gasteiger partial charge in [0.25, 0.3) is 5.91 Å². The molecule has 0 radical (unpaired) electrons. The van der Waals surface area contributed by atoms with Gasteiger partial charge in [-0.2, -0.15) is 0 Å². The Morgan fingerprint density at radius 2 is 1.80 bits per heavy atom. The number of hydrogen-bond donors (Lipinski definition) is 0. The molecule has 41 heavy (non-hydrogen) atoms. The predicted molar refractivity (Wildman–Crippen MR) is 162 cm³/mol. The minimum atomic E-state index is -0.298. The van der Waals surface area contributed by atoms with Crippen LogP contribution in [0.15, 0.2) is 36.5 Å². The number of carbonyl (C=O) groups excluding carboxylic acids is 2. The predicted octanol–water partition coefficient (Wildman–Crippen LogP) is 6.51. The highest BCUT2D eigenvalue weighted by Crippen LogP contribution is 2.42. The van der Waals surface area contributed by atoms with Gasteiger partial charge >= 0.3 is 6.09 Å². The number of ether oxygens (including phenoxy) is 1. The second-order valence-corrected chi connectivity index (χ2v) is 13.2. The van der Waals surface area contributed by atoms with Gasteiger partial charge in [-0.3, -0.25) is 14.7 Å². The van der Waals surface area contributed by atoms with Crippen molar-refractivity contribution in [1.29, 1.82) is 0 Å². The molecule has 222 valence electrons. The third-order valence-electron chi connectivity index (χ3n) is 10.6. The minimum Gasteiger partial charge on any atom is -0.442 e. The van der Waals surface area contributed by atoms with Gasteiger partial charge in [-0.1, -0.05) is 45.1 Å². The Hall–Kier alpha value is -2.67. The number of benzene rings is 1. The molecule has 2 amide bonds. The van der Waals surface area contributed by atoms with Crippen LogP contribution in [0.3, 0.4) is 0 Å². The number of fused-ring (bicyclic) bond motifs is 1. The quantitative estimate of drug-likeness (QED) is 0.386. The number of unbranched alkanes of at least 4 members (excludes halogenated alkanes) is 1. The maximum Gasteiger partial charge on any atom is 0.410 e. The molecule has 0 N–H and O–H groups in total. The Balaban J connectivity index is 1.03. The first-order chi connectivity index (χ1) is 20.0.